The molecule has 8 nitrogen and oxygen atoms in total. The minimum absolute atomic E-state index is 0.0487. The summed E-state index contributed by atoms with van der Waals surface area (Å²) in [6.07, 6.45) is 4.95. The minimum atomic E-state index is -1.10. The summed E-state index contributed by atoms with van der Waals surface area (Å²) < 4.78 is 1.60. The number of primary amides is 1. The van der Waals surface area contributed by atoms with Gasteiger partial charge in [-0.1, -0.05) is 55.8 Å². The van der Waals surface area contributed by atoms with E-state index < -0.39 is 23.6 Å². The van der Waals surface area contributed by atoms with Crippen molar-refractivity contribution < 1.29 is 14.4 Å². The fraction of sp³-hybridized carbons (Fsp3) is 0.227. The van der Waals surface area contributed by atoms with E-state index in [1.165, 1.54) is 18.6 Å². The second-order valence-corrected chi connectivity index (χ2v) is 7.88. The summed E-state index contributed by atoms with van der Waals surface area (Å²) in [5.41, 5.74) is 6.89. The van der Waals surface area contributed by atoms with E-state index in [0.29, 0.717) is 5.69 Å². The lowest BCUT2D eigenvalue weighted by molar-refractivity contribution is -0.137. The number of carbonyl (C=O) groups excluding carboxylic acids is 3. The maximum absolute atomic E-state index is 13.0. The lowest BCUT2D eigenvalue weighted by Crippen LogP contribution is -2.47. The second kappa shape index (κ2) is 9.53. The van der Waals surface area contributed by atoms with Crippen molar-refractivity contribution in [2.75, 3.05) is 0 Å². The smallest absolute Gasteiger partial charge is 0.287 e. The van der Waals surface area contributed by atoms with E-state index in [4.69, 9.17) is 17.3 Å². The van der Waals surface area contributed by atoms with Gasteiger partial charge in [0, 0.05) is 18.0 Å². The quantitative estimate of drug-likeness (QED) is 0.523. The van der Waals surface area contributed by atoms with E-state index in [0.717, 1.165) is 5.56 Å². The molecule has 1 aromatic carbocycles. The number of imidazole rings is 1. The minimum Gasteiger partial charge on any atom is -0.363 e. The summed E-state index contributed by atoms with van der Waals surface area (Å²) in [7, 11) is 0. The first kappa shape index (κ1) is 22.2. The van der Waals surface area contributed by atoms with Crippen molar-refractivity contribution in [1.29, 1.82) is 0 Å². The van der Waals surface area contributed by atoms with Crippen LogP contribution in [0.15, 0.2) is 55.1 Å². The standard InChI is InChI=1S/C22H22ClN5O3/c1-13(2)8-17(19(29)20(24)30)27-22(31)16-9-15(23)10-25-21(16)28-11-18(26-12-28)14-6-4-3-5-7-14/h3-7,9-13,17H,8H2,1-2H3,(H2,24,30)(H,27,31). The molecule has 0 saturated heterocycles. The molecule has 2 heterocycles. The van der Waals surface area contributed by atoms with Crippen molar-refractivity contribution in [3.8, 4) is 17.1 Å². The molecule has 3 N–H and O–H groups in total. The van der Waals surface area contributed by atoms with E-state index in [1.54, 1.807) is 10.8 Å². The van der Waals surface area contributed by atoms with Crippen LogP contribution in [0.25, 0.3) is 17.1 Å². The first-order valence-corrected chi connectivity index (χ1v) is 10.0. The van der Waals surface area contributed by atoms with Crippen LogP contribution in [0, 0.1) is 5.92 Å². The Balaban J connectivity index is 1.94. The molecule has 0 spiro atoms. The summed E-state index contributed by atoms with van der Waals surface area (Å²) in [6, 6.07) is 9.95. The number of hydrogen-bond acceptors (Lipinski definition) is 5. The van der Waals surface area contributed by atoms with E-state index in [1.807, 2.05) is 44.2 Å². The van der Waals surface area contributed by atoms with Gasteiger partial charge in [0.05, 0.1) is 22.3 Å². The van der Waals surface area contributed by atoms with E-state index in [9.17, 15) is 14.4 Å². The van der Waals surface area contributed by atoms with Gasteiger partial charge in [-0.25, -0.2) is 9.97 Å². The number of Topliss-reactive ketones (excluding diaryl/α,β-unsaturated/α-hetero) is 1. The third-order valence-corrected chi connectivity index (χ3v) is 4.75. The summed E-state index contributed by atoms with van der Waals surface area (Å²) in [6.45, 7) is 3.74. The molecule has 0 radical (unpaired) electrons. The Morgan fingerprint density at radius 2 is 1.87 bits per heavy atom. The van der Waals surface area contributed by atoms with Crippen LogP contribution in [0.3, 0.4) is 0 Å². The number of halogens is 1. The van der Waals surface area contributed by atoms with Gasteiger partial charge >= 0.3 is 0 Å². The van der Waals surface area contributed by atoms with Crippen LogP contribution in [0.4, 0.5) is 0 Å². The molecule has 31 heavy (non-hydrogen) atoms. The van der Waals surface area contributed by atoms with Crippen molar-refractivity contribution in [2.24, 2.45) is 11.7 Å². The van der Waals surface area contributed by atoms with E-state index in [2.05, 4.69) is 15.3 Å². The number of ketones is 1. The number of nitrogens with one attached hydrogen (secondary N) is 1. The molecule has 0 aliphatic rings. The fourth-order valence-electron chi connectivity index (χ4n) is 3.11. The maximum atomic E-state index is 13.0. The summed E-state index contributed by atoms with van der Waals surface area (Å²) in [5.74, 6) is -2.22. The van der Waals surface area contributed by atoms with Crippen LogP contribution in [0.5, 0.6) is 0 Å². The van der Waals surface area contributed by atoms with Gasteiger partial charge in [-0.05, 0) is 18.4 Å². The largest absolute Gasteiger partial charge is 0.363 e. The Hall–Kier alpha value is -3.52. The zero-order valence-corrected chi connectivity index (χ0v) is 17.8. The third-order valence-electron chi connectivity index (χ3n) is 4.55. The number of nitrogens with two attached hydrogens (primary N) is 1. The monoisotopic (exact) mass is 439 g/mol. The average Bonchev–Trinajstić information content (AvgIpc) is 3.23. The number of hydrogen-bond donors (Lipinski definition) is 2. The molecule has 0 aliphatic carbocycles. The zero-order valence-electron chi connectivity index (χ0n) is 17.1. The molecular weight excluding hydrogens is 418 g/mol. The number of aromatic nitrogens is 3. The molecule has 1 atom stereocenters. The van der Waals surface area contributed by atoms with E-state index in [-0.39, 0.29) is 28.7 Å². The predicted octanol–water partition coefficient (Wildman–Crippen LogP) is 2.79. The Morgan fingerprint density at radius 1 is 1.16 bits per heavy atom. The van der Waals surface area contributed by atoms with Crippen molar-refractivity contribution >= 4 is 29.2 Å². The molecule has 160 valence electrons. The van der Waals surface area contributed by atoms with Crippen molar-refractivity contribution in [3.63, 3.8) is 0 Å². The van der Waals surface area contributed by atoms with E-state index >= 15 is 0 Å². The van der Waals surface area contributed by atoms with Crippen LogP contribution in [-0.2, 0) is 9.59 Å². The van der Waals surface area contributed by atoms with Gasteiger partial charge < -0.3 is 11.1 Å². The molecule has 3 rings (SSSR count). The highest BCUT2D eigenvalue weighted by atomic mass is 35.5. The highest BCUT2D eigenvalue weighted by Crippen LogP contribution is 2.22. The van der Waals surface area contributed by atoms with Gasteiger partial charge in [0.15, 0.2) is 5.82 Å². The Kier molecular flexibility index (Phi) is 6.81. The summed E-state index contributed by atoms with van der Waals surface area (Å²) >= 11 is 6.07. The first-order chi connectivity index (χ1) is 14.8. The molecule has 9 heteroatoms. The number of benzene rings is 1. The van der Waals surface area contributed by atoms with Gasteiger partial charge in [0.25, 0.3) is 11.8 Å². The maximum Gasteiger partial charge on any atom is 0.287 e. The molecule has 2 aromatic heterocycles. The fourth-order valence-corrected chi connectivity index (χ4v) is 3.27. The van der Waals surface area contributed by atoms with Crippen molar-refractivity contribution in [1.82, 2.24) is 19.9 Å². The third kappa shape index (κ3) is 5.35. The molecule has 0 saturated carbocycles. The Morgan fingerprint density at radius 3 is 2.52 bits per heavy atom. The van der Waals surface area contributed by atoms with Crippen molar-refractivity contribution in [2.45, 2.75) is 26.3 Å². The van der Waals surface area contributed by atoms with Crippen LogP contribution in [0.2, 0.25) is 5.02 Å². The van der Waals surface area contributed by atoms with Gasteiger partial charge in [0.2, 0.25) is 5.78 Å². The first-order valence-electron chi connectivity index (χ1n) is 9.66. The molecule has 1 unspecified atom stereocenters. The topological polar surface area (TPSA) is 120 Å². The van der Waals surface area contributed by atoms with Crippen molar-refractivity contribution in [3.05, 3.63) is 65.7 Å². The Labute approximate surface area is 184 Å². The molecule has 2 amide bonds. The number of rotatable bonds is 8. The molecule has 0 bridgehead atoms. The lowest BCUT2D eigenvalue weighted by atomic mass is 9.99. The molecular formula is C22H22ClN5O3. The van der Waals surface area contributed by atoms with Gasteiger partial charge in [0.1, 0.15) is 6.33 Å². The van der Waals surface area contributed by atoms with Crippen LogP contribution in [-0.4, -0.2) is 38.2 Å². The number of carbonyl (C=O) groups is 3. The van der Waals surface area contributed by atoms with Crippen LogP contribution in [0.1, 0.15) is 30.6 Å². The number of amides is 2. The average molecular weight is 440 g/mol. The number of nitrogens with zero attached hydrogens (tertiary/aromatic N) is 3. The highest BCUT2D eigenvalue weighted by molar-refractivity contribution is 6.38. The van der Waals surface area contributed by atoms with Crippen LogP contribution < -0.4 is 11.1 Å². The van der Waals surface area contributed by atoms with Gasteiger partial charge in [-0.2, -0.15) is 0 Å². The van der Waals surface area contributed by atoms with Gasteiger partial charge in [-0.3, -0.25) is 19.0 Å². The summed E-state index contributed by atoms with van der Waals surface area (Å²) in [4.78, 5) is 45.3. The molecule has 0 aliphatic heterocycles. The predicted molar refractivity (Wildman–Crippen MR) is 117 cm³/mol. The van der Waals surface area contributed by atoms with Crippen LogP contribution >= 0.6 is 11.6 Å². The second-order valence-electron chi connectivity index (χ2n) is 7.44. The SMILES string of the molecule is CC(C)CC(NC(=O)c1cc(Cl)cnc1-n1cnc(-c2ccccc2)c1)C(=O)C(N)=O. The Bertz CT molecular complexity index is 1110. The van der Waals surface area contributed by atoms with Gasteiger partial charge in [-0.15, -0.1) is 0 Å². The molecule has 3 aromatic rings. The summed E-state index contributed by atoms with van der Waals surface area (Å²) in [5, 5.41) is 2.85. The number of pyridine rings is 1. The molecule has 0 fully saturated rings. The lowest BCUT2D eigenvalue weighted by Gasteiger charge is -2.19. The zero-order chi connectivity index (χ0) is 22.5. The highest BCUT2D eigenvalue weighted by Gasteiger charge is 2.27. The normalized spacial score (nSPS) is 11.9.